The van der Waals surface area contributed by atoms with E-state index in [4.69, 9.17) is 14.6 Å². The fourth-order valence-electron chi connectivity index (χ4n) is 5.27. The number of piperidine rings is 1. The fourth-order valence-corrected chi connectivity index (χ4v) is 5.27. The molecule has 3 unspecified atom stereocenters. The zero-order chi connectivity index (χ0) is 27.5. The molecule has 0 spiro atoms. The maximum Gasteiger partial charge on any atom is 0.416 e. The summed E-state index contributed by atoms with van der Waals surface area (Å²) in [6.45, 7) is 2.96. The van der Waals surface area contributed by atoms with E-state index < -0.39 is 23.9 Å². The van der Waals surface area contributed by atoms with Crippen molar-refractivity contribution in [1.29, 1.82) is 0 Å². The van der Waals surface area contributed by atoms with Crippen LogP contribution >= 0.6 is 0 Å². The molecule has 2 heterocycles. The zero-order valence-electron chi connectivity index (χ0n) is 21.8. The smallest absolute Gasteiger partial charge is 0.416 e. The highest BCUT2D eigenvalue weighted by Crippen LogP contribution is 2.36. The molecule has 3 amide bonds. The van der Waals surface area contributed by atoms with Crippen LogP contribution in [-0.4, -0.2) is 81.2 Å². The highest BCUT2D eigenvalue weighted by molar-refractivity contribution is 5.74. The van der Waals surface area contributed by atoms with Gasteiger partial charge < -0.3 is 35.4 Å². The van der Waals surface area contributed by atoms with Crippen molar-refractivity contribution in [3.63, 3.8) is 0 Å². The monoisotopic (exact) mass is 544 g/mol. The quantitative estimate of drug-likeness (QED) is 0.315. The highest BCUT2D eigenvalue weighted by Gasteiger charge is 2.35. The molecule has 2 fully saturated rings. The van der Waals surface area contributed by atoms with Crippen molar-refractivity contribution in [2.24, 2.45) is 11.8 Å². The molecular weight excluding hydrogens is 505 g/mol. The third-order valence-electron chi connectivity index (χ3n) is 7.13. The third-order valence-corrected chi connectivity index (χ3v) is 7.13. The van der Waals surface area contributed by atoms with Gasteiger partial charge in [0.1, 0.15) is 0 Å². The molecule has 0 radical (unpaired) electrons. The lowest BCUT2D eigenvalue weighted by Gasteiger charge is -2.38. The van der Waals surface area contributed by atoms with Crippen LogP contribution in [0.3, 0.4) is 0 Å². The number of likely N-dealkylation sites (tertiary alicyclic amines) is 1. The van der Waals surface area contributed by atoms with Gasteiger partial charge in [0, 0.05) is 51.4 Å². The molecule has 0 bridgehead atoms. The van der Waals surface area contributed by atoms with Crippen molar-refractivity contribution >= 4 is 12.1 Å². The molecular formula is C26H39F3N4O5. The number of carbonyl (C=O) groups excluding carboxylic acids is 1. The number of urea groups is 1. The second-order valence-electron chi connectivity index (χ2n) is 9.99. The molecule has 2 aliphatic rings. The summed E-state index contributed by atoms with van der Waals surface area (Å²) in [4.78, 5) is 25.8. The molecule has 2 saturated heterocycles. The third kappa shape index (κ3) is 9.32. The molecule has 214 valence electrons. The first kappa shape index (κ1) is 30.0. The van der Waals surface area contributed by atoms with Crippen LogP contribution in [0.1, 0.15) is 49.3 Å². The molecule has 3 rings (SSSR count). The number of nitrogens with zero attached hydrogens (tertiary/aromatic N) is 1. The summed E-state index contributed by atoms with van der Waals surface area (Å²) in [5.74, 6) is 0.232. The second-order valence-corrected chi connectivity index (χ2v) is 9.99. The molecule has 0 aliphatic carbocycles. The van der Waals surface area contributed by atoms with E-state index in [9.17, 15) is 22.8 Å². The molecule has 0 saturated carbocycles. The van der Waals surface area contributed by atoms with Crippen molar-refractivity contribution in [3.05, 3.63) is 35.4 Å². The summed E-state index contributed by atoms with van der Waals surface area (Å²) < 4.78 is 51.6. The van der Waals surface area contributed by atoms with Gasteiger partial charge in [0.05, 0.1) is 18.3 Å². The molecule has 3 atom stereocenters. The van der Waals surface area contributed by atoms with Crippen LogP contribution in [0.2, 0.25) is 0 Å². The van der Waals surface area contributed by atoms with Crippen LogP contribution in [0.15, 0.2) is 24.3 Å². The van der Waals surface area contributed by atoms with Gasteiger partial charge in [-0.25, -0.2) is 9.59 Å². The number of rotatable bonds is 11. The fraction of sp³-hybridized carbons (Fsp3) is 0.692. The first-order valence-electron chi connectivity index (χ1n) is 13.2. The predicted octanol–water partition coefficient (Wildman–Crippen LogP) is 3.86. The molecule has 9 nitrogen and oxygen atoms in total. The molecule has 2 aliphatic heterocycles. The van der Waals surface area contributed by atoms with Gasteiger partial charge in [0.15, 0.2) is 0 Å². The normalized spacial score (nSPS) is 20.5. The summed E-state index contributed by atoms with van der Waals surface area (Å²) in [5.41, 5.74) is -0.421. The highest BCUT2D eigenvalue weighted by atomic mass is 19.4. The number of carbonyl (C=O) groups is 2. The van der Waals surface area contributed by atoms with Gasteiger partial charge >= 0.3 is 18.3 Å². The first-order valence-corrected chi connectivity index (χ1v) is 13.2. The Labute approximate surface area is 221 Å². The minimum absolute atomic E-state index is 0.000377. The number of alkyl halides is 3. The lowest BCUT2D eigenvalue weighted by Crippen LogP contribution is -2.52. The van der Waals surface area contributed by atoms with E-state index in [2.05, 4.69) is 16.0 Å². The van der Waals surface area contributed by atoms with Crippen molar-refractivity contribution in [2.45, 2.75) is 50.4 Å². The summed E-state index contributed by atoms with van der Waals surface area (Å²) in [6.07, 6.45) is -2.31. The Morgan fingerprint density at radius 3 is 2.68 bits per heavy atom. The Balaban J connectivity index is 1.69. The van der Waals surface area contributed by atoms with E-state index in [1.165, 1.54) is 6.07 Å². The van der Waals surface area contributed by atoms with E-state index >= 15 is 0 Å². The van der Waals surface area contributed by atoms with Gasteiger partial charge in [-0.3, -0.25) is 0 Å². The van der Waals surface area contributed by atoms with E-state index in [1.54, 1.807) is 11.0 Å². The average Bonchev–Trinajstić information content (AvgIpc) is 2.89. The van der Waals surface area contributed by atoms with Crippen LogP contribution in [0.25, 0.3) is 0 Å². The summed E-state index contributed by atoms with van der Waals surface area (Å²) in [6, 6.07) is 4.76. The number of carboxylic acid groups (broad SMARTS) is 1. The number of likely N-dealkylation sites (N-methyl/N-ethyl adjacent to an activating group) is 1. The Morgan fingerprint density at radius 2 is 2.00 bits per heavy atom. The van der Waals surface area contributed by atoms with Crippen LogP contribution in [0.5, 0.6) is 0 Å². The lowest BCUT2D eigenvalue weighted by molar-refractivity contribution is -0.137. The van der Waals surface area contributed by atoms with Gasteiger partial charge in [-0.05, 0) is 62.8 Å². The first-order chi connectivity index (χ1) is 18.2. The SMILES string of the molecule is CNCC(CC1CCOCC1)NC(=O)N1CCCC(C(OCCNC(=O)O)c2cccc(C(F)(F)F)c2)C1. The van der Waals surface area contributed by atoms with Gasteiger partial charge in [0.2, 0.25) is 0 Å². The average molecular weight is 545 g/mol. The minimum Gasteiger partial charge on any atom is -0.465 e. The molecule has 4 N–H and O–H groups in total. The van der Waals surface area contributed by atoms with E-state index in [0.29, 0.717) is 44.0 Å². The summed E-state index contributed by atoms with van der Waals surface area (Å²) in [7, 11) is 1.84. The number of amides is 3. The summed E-state index contributed by atoms with van der Waals surface area (Å²) >= 11 is 0. The Morgan fingerprint density at radius 1 is 1.24 bits per heavy atom. The van der Waals surface area contributed by atoms with Gasteiger partial charge in [-0.1, -0.05) is 12.1 Å². The van der Waals surface area contributed by atoms with Crippen LogP contribution in [-0.2, 0) is 15.7 Å². The number of hydrogen-bond acceptors (Lipinski definition) is 5. The van der Waals surface area contributed by atoms with Gasteiger partial charge in [-0.15, -0.1) is 0 Å². The predicted molar refractivity (Wildman–Crippen MR) is 135 cm³/mol. The molecule has 0 aromatic heterocycles. The minimum atomic E-state index is -4.50. The van der Waals surface area contributed by atoms with E-state index in [-0.39, 0.29) is 31.1 Å². The number of ether oxygens (including phenoxy) is 2. The maximum absolute atomic E-state index is 13.4. The number of nitrogens with one attached hydrogen (secondary N) is 3. The van der Waals surface area contributed by atoms with Crippen molar-refractivity contribution in [1.82, 2.24) is 20.9 Å². The van der Waals surface area contributed by atoms with Crippen molar-refractivity contribution < 1.29 is 37.3 Å². The van der Waals surface area contributed by atoms with Crippen LogP contribution in [0.4, 0.5) is 22.8 Å². The Hall–Kier alpha value is -2.57. The van der Waals surface area contributed by atoms with Crippen molar-refractivity contribution in [2.75, 3.05) is 53.0 Å². The van der Waals surface area contributed by atoms with Gasteiger partial charge in [-0.2, -0.15) is 13.2 Å². The zero-order valence-corrected chi connectivity index (χ0v) is 21.8. The lowest BCUT2D eigenvalue weighted by atomic mass is 9.87. The standard InChI is InChI=1S/C26H39F3N4O5/c1-30-16-22(14-18-7-11-37-12-8-18)32-24(34)33-10-3-5-20(17-33)23(38-13-9-31-25(35)36)19-4-2-6-21(15-19)26(27,28)29/h2,4,6,15,18,20,22-23,30-31H,3,5,7-14,16-17H2,1H3,(H,32,34)(H,35,36). The second kappa shape index (κ2) is 14.5. The molecule has 1 aromatic rings. The number of benzene rings is 1. The molecule has 12 heteroatoms. The topological polar surface area (TPSA) is 112 Å². The molecule has 38 heavy (non-hydrogen) atoms. The van der Waals surface area contributed by atoms with E-state index in [0.717, 1.165) is 44.6 Å². The molecule has 1 aromatic carbocycles. The van der Waals surface area contributed by atoms with Gasteiger partial charge in [0.25, 0.3) is 0 Å². The van der Waals surface area contributed by atoms with Crippen molar-refractivity contribution in [3.8, 4) is 0 Å². The Bertz CT molecular complexity index is 898. The van der Waals surface area contributed by atoms with Crippen LogP contribution < -0.4 is 16.0 Å². The maximum atomic E-state index is 13.4. The Kier molecular flexibility index (Phi) is 11.5. The number of hydrogen-bond donors (Lipinski definition) is 4. The summed E-state index contributed by atoms with van der Waals surface area (Å²) in [5, 5.41) is 17.3. The van der Waals surface area contributed by atoms with Crippen LogP contribution in [0, 0.1) is 11.8 Å². The number of halogens is 3. The largest absolute Gasteiger partial charge is 0.465 e. The van der Waals surface area contributed by atoms with E-state index in [1.807, 2.05) is 7.05 Å².